The van der Waals surface area contributed by atoms with E-state index in [1.807, 2.05) is 60.1 Å². The zero-order valence-corrected chi connectivity index (χ0v) is 17.2. The molecule has 0 N–H and O–H groups in total. The van der Waals surface area contributed by atoms with Crippen LogP contribution in [0.15, 0.2) is 53.1 Å². The summed E-state index contributed by atoms with van der Waals surface area (Å²) in [6.45, 7) is 3.42. The Balaban J connectivity index is 1.37. The fourth-order valence-corrected chi connectivity index (χ4v) is 3.53. The van der Waals surface area contributed by atoms with Gasteiger partial charge in [-0.3, -0.25) is 0 Å². The standard InChI is InChI=1S/C22H21N5O4/c1-3-29-17-6-4-5-15(11-17)21-23-22(31-25-21)20-18-13-30-19(12-27(18)26-24-20)14-7-9-16(28-2)10-8-14/h4-11,19H,3,12-13H2,1-2H3/t19-/m1/s1. The van der Waals surface area contributed by atoms with Crippen LogP contribution in [0, 0.1) is 0 Å². The lowest BCUT2D eigenvalue weighted by Gasteiger charge is -2.24. The molecule has 1 aliphatic rings. The summed E-state index contributed by atoms with van der Waals surface area (Å²) in [5, 5.41) is 12.6. The molecule has 0 saturated heterocycles. The second-order valence-corrected chi connectivity index (χ2v) is 7.02. The molecular formula is C22H21N5O4. The molecule has 0 amide bonds. The van der Waals surface area contributed by atoms with Gasteiger partial charge >= 0.3 is 0 Å². The Labute approximate surface area is 178 Å². The van der Waals surface area contributed by atoms with Crippen LogP contribution in [0.4, 0.5) is 0 Å². The van der Waals surface area contributed by atoms with Crippen LogP contribution in [0.25, 0.3) is 23.0 Å². The van der Waals surface area contributed by atoms with E-state index in [1.54, 1.807) is 7.11 Å². The molecule has 0 spiro atoms. The molecule has 0 fully saturated rings. The zero-order chi connectivity index (χ0) is 21.2. The normalized spacial score (nSPS) is 15.5. The Morgan fingerprint density at radius 3 is 2.81 bits per heavy atom. The summed E-state index contributed by atoms with van der Waals surface area (Å²) in [7, 11) is 1.65. The highest BCUT2D eigenvalue weighted by molar-refractivity contribution is 5.60. The minimum Gasteiger partial charge on any atom is -0.497 e. The van der Waals surface area contributed by atoms with Gasteiger partial charge in [-0.15, -0.1) is 5.10 Å². The van der Waals surface area contributed by atoms with E-state index in [9.17, 15) is 0 Å². The van der Waals surface area contributed by atoms with Crippen LogP contribution in [0.5, 0.6) is 11.5 Å². The van der Waals surface area contributed by atoms with Gasteiger partial charge in [0.05, 0.1) is 32.6 Å². The Morgan fingerprint density at radius 2 is 2.00 bits per heavy atom. The first-order valence-electron chi connectivity index (χ1n) is 10.0. The van der Waals surface area contributed by atoms with E-state index in [1.165, 1.54) is 0 Å². The number of hydrogen-bond donors (Lipinski definition) is 0. The average molecular weight is 419 g/mol. The van der Waals surface area contributed by atoms with Crippen LogP contribution in [0.3, 0.4) is 0 Å². The van der Waals surface area contributed by atoms with E-state index in [0.717, 1.165) is 28.3 Å². The van der Waals surface area contributed by atoms with Crippen molar-refractivity contribution in [1.29, 1.82) is 0 Å². The molecule has 1 atom stereocenters. The fourth-order valence-electron chi connectivity index (χ4n) is 3.53. The summed E-state index contributed by atoms with van der Waals surface area (Å²) >= 11 is 0. The highest BCUT2D eigenvalue weighted by Gasteiger charge is 2.28. The number of benzene rings is 2. The molecule has 4 aromatic rings. The van der Waals surface area contributed by atoms with Gasteiger partial charge in [0.15, 0.2) is 5.69 Å². The number of fused-ring (bicyclic) bond motifs is 1. The number of methoxy groups -OCH3 is 1. The Kier molecular flexibility index (Phi) is 5.09. The van der Waals surface area contributed by atoms with Gasteiger partial charge < -0.3 is 18.7 Å². The lowest BCUT2D eigenvalue weighted by Crippen LogP contribution is -2.22. The third kappa shape index (κ3) is 3.75. The summed E-state index contributed by atoms with van der Waals surface area (Å²) in [6.07, 6.45) is -0.118. The first kappa shape index (κ1) is 19.3. The van der Waals surface area contributed by atoms with E-state index < -0.39 is 0 Å². The second kappa shape index (κ2) is 8.19. The average Bonchev–Trinajstić information content (AvgIpc) is 3.46. The highest BCUT2D eigenvalue weighted by Crippen LogP contribution is 2.32. The van der Waals surface area contributed by atoms with Gasteiger partial charge in [-0.05, 0) is 36.8 Å². The molecule has 0 unspecified atom stereocenters. The molecule has 9 heteroatoms. The maximum atomic E-state index is 6.07. The van der Waals surface area contributed by atoms with Crippen LogP contribution in [0.2, 0.25) is 0 Å². The monoisotopic (exact) mass is 419 g/mol. The van der Waals surface area contributed by atoms with Crippen molar-refractivity contribution in [2.24, 2.45) is 0 Å². The minimum absolute atomic E-state index is 0.118. The van der Waals surface area contributed by atoms with Gasteiger partial charge in [0.25, 0.3) is 5.89 Å². The SMILES string of the molecule is CCOc1cccc(-c2noc(-c3nnn4c3CO[C@@H](c3ccc(OC)cc3)C4)n2)c1. The minimum atomic E-state index is -0.118. The van der Waals surface area contributed by atoms with Gasteiger partial charge in [0, 0.05) is 5.56 Å². The van der Waals surface area contributed by atoms with Crippen molar-refractivity contribution in [1.82, 2.24) is 25.1 Å². The topological polar surface area (TPSA) is 97.3 Å². The summed E-state index contributed by atoms with van der Waals surface area (Å²) in [4.78, 5) is 4.51. The fraction of sp³-hybridized carbons (Fsp3) is 0.273. The molecule has 2 aromatic carbocycles. The van der Waals surface area contributed by atoms with Crippen molar-refractivity contribution in [2.75, 3.05) is 13.7 Å². The second-order valence-electron chi connectivity index (χ2n) is 7.02. The summed E-state index contributed by atoms with van der Waals surface area (Å²) in [5.41, 5.74) is 3.20. The van der Waals surface area contributed by atoms with Gasteiger partial charge in [-0.1, -0.05) is 34.6 Å². The van der Waals surface area contributed by atoms with Crippen molar-refractivity contribution in [3.05, 3.63) is 59.8 Å². The molecule has 0 saturated carbocycles. The Bertz CT molecular complexity index is 1180. The first-order valence-corrected chi connectivity index (χ1v) is 10.0. The smallest absolute Gasteiger partial charge is 0.280 e. The number of aromatic nitrogens is 5. The Morgan fingerprint density at radius 1 is 1.13 bits per heavy atom. The van der Waals surface area contributed by atoms with E-state index in [2.05, 4.69) is 20.5 Å². The summed E-state index contributed by atoms with van der Waals surface area (Å²) in [5.74, 6) is 2.34. The maximum Gasteiger partial charge on any atom is 0.280 e. The summed E-state index contributed by atoms with van der Waals surface area (Å²) < 4.78 is 24.1. The maximum absolute atomic E-state index is 6.07. The molecule has 1 aliphatic heterocycles. The molecule has 9 nitrogen and oxygen atoms in total. The van der Waals surface area contributed by atoms with E-state index in [0.29, 0.717) is 37.2 Å². The van der Waals surface area contributed by atoms with Crippen LogP contribution in [-0.4, -0.2) is 38.9 Å². The van der Waals surface area contributed by atoms with Crippen molar-refractivity contribution in [3.8, 4) is 34.5 Å². The molecule has 31 heavy (non-hydrogen) atoms. The van der Waals surface area contributed by atoms with Crippen molar-refractivity contribution in [2.45, 2.75) is 26.2 Å². The molecule has 0 aliphatic carbocycles. The number of nitrogens with zero attached hydrogens (tertiary/aromatic N) is 5. The molecule has 158 valence electrons. The van der Waals surface area contributed by atoms with Crippen LogP contribution in [-0.2, 0) is 17.9 Å². The van der Waals surface area contributed by atoms with E-state index in [4.69, 9.17) is 18.7 Å². The van der Waals surface area contributed by atoms with Crippen molar-refractivity contribution < 1.29 is 18.7 Å². The molecule has 5 rings (SSSR count). The predicted molar refractivity (Wildman–Crippen MR) is 110 cm³/mol. The first-order chi connectivity index (χ1) is 15.2. The zero-order valence-electron chi connectivity index (χ0n) is 17.2. The van der Waals surface area contributed by atoms with Crippen LogP contribution >= 0.6 is 0 Å². The van der Waals surface area contributed by atoms with Crippen LogP contribution < -0.4 is 9.47 Å². The summed E-state index contributed by atoms with van der Waals surface area (Å²) in [6, 6.07) is 15.4. The quantitative estimate of drug-likeness (QED) is 0.467. The number of ether oxygens (including phenoxy) is 3. The molecule has 0 radical (unpaired) electrons. The van der Waals surface area contributed by atoms with E-state index >= 15 is 0 Å². The van der Waals surface area contributed by atoms with E-state index in [-0.39, 0.29) is 6.10 Å². The molecule has 2 aromatic heterocycles. The molecular weight excluding hydrogens is 398 g/mol. The van der Waals surface area contributed by atoms with Gasteiger partial charge in [-0.25, -0.2) is 4.68 Å². The van der Waals surface area contributed by atoms with Gasteiger partial charge in [-0.2, -0.15) is 4.98 Å². The van der Waals surface area contributed by atoms with Gasteiger partial charge in [0.2, 0.25) is 5.82 Å². The third-order valence-corrected chi connectivity index (χ3v) is 5.12. The highest BCUT2D eigenvalue weighted by atomic mass is 16.5. The largest absolute Gasteiger partial charge is 0.497 e. The molecule has 0 bridgehead atoms. The number of rotatable bonds is 6. The van der Waals surface area contributed by atoms with Crippen molar-refractivity contribution >= 4 is 0 Å². The lowest BCUT2D eigenvalue weighted by molar-refractivity contribution is -0.00119. The predicted octanol–water partition coefficient (Wildman–Crippen LogP) is 3.67. The lowest BCUT2D eigenvalue weighted by atomic mass is 10.1. The van der Waals surface area contributed by atoms with Crippen LogP contribution in [0.1, 0.15) is 24.3 Å². The Hall–Kier alpha value is -3.72. The third-order valence-electron chi connectivity index (χ3n) is 5.12. The van der Waals surface area contributed by atoms with Crippen molar-refractivity contribution in [3.63, 3.8) is 0 Å². The molecule has 3 heterocycles. The van der Waals surface area contributed by atoms with Gasteiger partial charge in [0.1, 0.15) is 17.6 Å². The number of hydrogen-bond acceptors (Lipinski definition) is 8.